The Bertz CT molecular complexity index is 496. The lowest BCUT2D eigenvalue weighted by molar-refractivity contribution is -0.0198. The molecule has 1 aromatic carbocycles. The Labute approximate surface area is 104 Å². The summed E-state index contributed by atoms with van der Waals surface area (Å²) in [6.45, 7) is 0.698. The number of aliphatic hydroxyl groups excluding tert-OH is 1. The standard InChI is InChI=1S/C9H15NO6P2/c1-17(12,13)18(14,15)16-9(11)6-7-2-4-8(10)5-3-7/h2-5,9,11H,6,10H2,1H3,(H,12,13)(H,14,15). The Morgan fingerprint density at radius 1 is 1.28 bits per heavy atom. The predicted molar refractivity (Wildman–Crippen MR) is 67.2 cm³/mol. The van der Waals surface area contributed by atoms with Crippen molar-refractivity contribution >= 4 is 20.0 Å². The molecule has 18 heavy (non-hydrogen) atoms. The van der Waals surface area contributed by atoms with Gasteiger partial charge in [-0.3, -0.25) is 9.09 Å². The van der Waals surface area contributed by atoms with Crippen molar-refractivity contribution in [1.82, 2.24) is 0 Å². The monoisotopic (exact) mass is 295 g/mol. The molecule has 0 aromatic heterocycles. The van der Waals surface area contributed by atoms with Crippen LogP contribution in [0.15, 0.2) is 24.3 Å². The normalized spacial score (nSPS) is 19.8. The lowest BCUT2D eigenvalue weighted by atomic mass is 10.1. The van der Waals surface area contributed by atoms with Gasteiger partial charge in [0, 0.05) is 18.8 Å². The Balaban J connectivity index is 2.68. The first kappa shape index (κ1) is 15.4. The van der Waals surface area contributed by atoms with Crippen LogP contribution >= 0.6 is 14.3 Å². The number of hydrogen-bond acceptors (Lipinski definition) is 5. The highest BCUT2D eigenvalue weighted by Gasteiger charge is 2.40. The molecule has 3 atom stereocenters. The van der Waals surface area contributed by atoms with Crippen molar-refractivity contribution in [2.45, 2.75) is 12.7 Å². The Morgan fingerprint density at radius 2 is 1.78 bits per heavy atom. The van der Waals surface area contributed by atoms with Gasteiger partial charge in [-0.1, -0.05) is 12.1 Å². The van der Waals surface area contributed by atoms with E-state index in [2.05, 4.69) is 4.52 Å². The van der Waals surface area contributed by atoms with E-state index in [9.17, 15) is 19.1 Å². The quantitative estimate of drug-likeness (QED) is 0.364. The van der Waals surface area contributed by atoms with Crippen LogP contribution in [0.4, 0.5) is 5.69 Å². The minimum absolute atomic E-state index is 0.0924. The van der Waals surface area contributed by atoms with Crippen LogP contribution in [0, 0.1) is 0 Å². The molecule has 0 aliphatic carbocycles. The van der Waals surface area contributed by atoms with Gasteiger partial charge >= 0.3 is 14.3 Å². The summed E-state index contributed by atoms with van der Waals surface area (Å²) in [4.78, 5) is 18.2. The van der Waals surface area contributed by atoms with Crippen molar-refractivity contribution in [2.24, 2.45) is 0 Å². The van der Waals surface area contributed by atoms with Crippen LogP contribution in [0.5, 0.6) is 0 Å². The molecule has 7 nitrogen and oxygen atoms in total. The van der Waals surface area contributed by atoms with Gasteiger partial charge in [0.25, 0.3) is 0 Å². The molecule has 0 aliphatic rings. The van der Waals surface area contributed by atoms with Crippen LogP contribution in [0.25, 0.3) is 0 Å². The lowest BCUT2D eigenvalue weighted by Crippen LogP contribution is -2.13. The van der Waals surface area contributed by atoms with Crippen molar-refractivity contribution in [3.05, 3.63) is 29.8 Å². The summed E-state index contributed by atoms with van der Waals surface area (Å²) >= 11 is 0. The highest BCUT2D eigenvalue weighted by molar-refractivity contribution is 8.28. The largest absolute Gasteiger partial charge is 0.411 e. The van der Waals surface area contributed by atoms with Crippen molar-refractivity contribution < 1.29 is 28.5 Å². The molecule has 5 N–H and O–H groups in total. The number of nitrogens with two attached hydrogens (primary N) is 1. The zero-order valence-electron chi connectivity index (χ0n) is 9.63. The molecule has 102 valence electrons. The summed E-state index contributed by atoms with van der Waals surface area (Å²) in [7, 11) is -9.07. The summed E-state index contributed by atoms with van der Waals surface area (Å²) in [5.41, 5.74) is 6.62. The van der Waals surface area contributed by atoms with Crippen molar-refractivity contribution in [2.75, 3.05) is 12.4 Å². The Kier molecular flexibility index (Phi) is 4.72. The second-order valence-corrected chi connectivity index (χ2v) is 10.4. The molecule has 0 fully saturated rings. The maximum absolute atomic E-state index is 11.3. The third-order valence-electron chi connectivity index (χ3n) is 2.12. The molecule has 1 aromatic rings. The molecule has 3 unspecified atom stereocenters. The van der Waals surface area contributed by atoms with Crippen molar-refractivity contribution in [3.63, 3.8) is 0 Å². The van der Waals surface area contributed by atoms with Crippen molar-refractivity contribution in [3.8, 4) is 0 Å². The maximum Gasteiger partial charge on any atom is 0.411 e. The highest BCUT2D eigenvalue weighted by atomic mass is 32.1. The van der Waals surface area contributed by atoms with Gasteiger partial charge in [0.2, 0.25) is 0 Å². The topological polar surface area (TPSA) is 130 Å². The first-order valence-corrected chi connectivity index (χ1v) is 9.35. The summed E-state index contributed by atoms with van der Waals surface area (Å²) in [5, 5.41) is 9.45. The molecule has 1 rings (SSSR count). The van der Waals surface area contributed by atoms with Gasteiger partial charge in [-0.15, -0.1) is 0 Å². The Hall–Kier alpha value is -0.680. The van der Waals surface area contributed by atoms with Gasteiger partial charge in [0.05, 0.1) is 0 Å². The predicted octanol–water partition coefficient (Wildman–Crippen LogP) is 1.15. The fourth-order valence-corrected chi connectivity index (χ4v) is 2.56. The third-order valence-corrected chi connectivity index (χ3v) is 6.67. The number of benzene rings is 1. The van der Waals surface area contributed by atoms with E-state index in [4.69, 9.17) is 10.6 Å². The zero-order valence-corrected chi connectivity index (χ0v) is 11.4. The van der Waals surface area contributed by atoms with E-state index < -0.39 is 20.6 Å². The number of anilines is 1. The molecular formula is C9H15NO6P2. The van der Waals surface area contributed by atoms with E-state index in [-0.39, 0.29) is 6.42 Å². The van der Waals surface area contributed by atoms with E-state index in [1.54, 1.807) is 24.3 Å². The van der Waals surface area contributed by atoms with Crippen LogP contribution < -0.4 is 5.73 Å². The van der Waals surface area contributed by atoms with Crippen LogP contribution in [0.3, 0.4) is 0 Å². The average molecular weight is 295 g/mol. The first-order valence-electron chi connectivity index (χ1n) is 4.96. The Morgan fingerprint density at radius 3 is 2.22 bits per heavy atom. The van der Waals surface area contributed by atoms with Gasteiger partial charge in [-0.05, 0) is 17.7 Å². The zero-order chi connectivity index (χ0) is 14.0. The smallest absolute Gasteiger partial charge is 0.399 e. The van der Waals surface area contributed by atoms with Gasteiger partial charge in [0.15, 0.2) is 6.29 Å². The molecule has 0 heterocycles. The number of nitrogen functional groups attached to an aromatic ring is 1. The van der Waals surface area contributed by atoms with Gasteiger partial charge in [-0.2, -0.15) is 0 Å². The molecule has 0 saturated carbocycles. The van der Waals surface area contributed by atoms with Crippen LogP contribution in [0.2, 0.25) is 0 Å². The summed E-state index contributed by atoms with van der Waals surface area (Å²) in [6, 6.07) is 6.40. The van der Waals surface area contributed by atoms with Crippen molar-refractivity contribution in [1.29, 1.82) is 0 Å². The second-order valence-electron chi connectivity index (χ2n) is 3.83. The van der Waals surface area contributed by atoms with Gasteiger partial charge in [-0.25, -0.2) is 4.57 Å². The van der Waals surface area contributed by atoms with Crippen LogP contribution in [0.1, 0.15) is 5.56 Å². The SMILES string of the molecule is CP(=O)(O)P(=O)(O)OC(O)Cc1ccc(N)cc1. The summed E-state index contributed by atoms with van der Waals surface area (Å²) in [5.74, 6) is 0. The molecule has 0 amide bonds. The number of rotatable bonds is 5. The molecule has 0 bridgehead atoms. The molecule has 0 aliphatic heterocycles. The minimum Gasteiger partial charge on any atom is -0.399 e. The number of hydrogen-bond donors (Lipinski definition) is 4. The number of aliphatic hydroxyl groups is 1. The van der Waals surface area contributed by atoms with E-state index >= 15 is 0 Å². The first-order chi connectivity index (χ1) is 8.12. The van der Waals surface area contributed by atoms with E-state index in [0.717, 1.165) is 0 Å². The fraction of sp³-hybridized carbons (Fsp3) is 0.333. The lowest BCUT2D eigenvalue weighted by Gasteiger charge is -2.18. The molecule has 9 heteroatoms. The molecule has 0 saturated heterocycles. The van der Waals surface area contributed by atoms with Crippen LogP contribution in [-0.2, 0) is 20.1 Å². The minimum atomic E-state index is -4.74. The molecule has 0 spiro atoms. The fourth-order valence-electron chi connectivity index (χ4n) is 1.14. The van der Waals surface area contributed by atoms with E-state index in [1.165, 1.54) is 0 Å². The van der Waals surface area contributed by atoms with E-state index in [1.807, 2.05) is 0 Å². The summed E-state index contributed by atoms with van der Waals surface area (Å²) < 4.78 is 26.7. The summed E-state index contributed by atoms with van der Waals surface area (Å²) in [6.07, 6.45) is -1.74. The van der Waals surface area contributed by atoms with Gasteiger partial charge in [0.1, 0.15) is 0 Å². The molecular weight excluding hydrogens is 280 g/mol. The third kappa shape index (κ3) is 4.21. The van der Waals surface area contributed by atoms with Crippen LogP contribution in [-0.4, -0.2) is 27.8 Å². The maximum atomic E-state index is 11.3. The molecule has 0 radical (unpaired) electrons. The van der Waals surface area contributed by atoms with Gasteiger partial charge < -0.3 is 20.6 Å². The second kappa shape index (κ2) is 5.53. The average Bonchev–Trinajstić information content (AvgIpc) is 2.19. The van der Waals surface area contributed by atoms with E-state index in [0.29, 0.717) is 17.9 Å². The highest BCUT2D eigenvalue weighted by Crippen LogP contribution is 2.75.